The summed E-state index contributed by atoms with van der Waals surface area (Å²) in [5, 5.41) is 3.52. The van der Waals surface area contributed by atoms with Crippen molar-refractivity contribution in [1.29, 1.82) is 0 Å². The Hall–Kier alpha value is -2.17. The molecule has 2 heterocycles. The third-order valence-corrected chi connectivity index (χ3v) is 4.32. The molecule has 0 amide bonds. The summed E-state index contributed by atoms with van der Waals surface area (Å²) in [4.78, 5) is 13.1. The van der Waals surface area contributed by atoms with Crippen LogP contribution in [0.15, 0.2) is 37.5 Å². The van der Waals surface area contributed by atoms with Crippen molar-refractivity contribution < 1.29 is 0 Å². The third-order valence-electron chi connectivity index (χ3n) is 4.32. The molecule has 2 rings (SSSR count). The monoisotopic (exact) mass is 299 g/mol. The lowest BCUT2D eigenvalue weighted by Crippen LogP contribution is -2.35. The van der Waals surface area contributed by atoms with Crippen LogP contribution in [0, 0.1) is 0 Å². The van der Waals surface area contributed by atoms with Crippen molar-refractivity contribution in [3.63, 3.8) is 0 Å². The lowest BCUT2D eigenvalue weighted by atomic mass is 9.90. The number of hydrogen-bond donors (Lipinski definition) is 1. The highest BCUT2D eigenvalue weighted by molar-refractivity contribution is 5.83. The second-order valence-corrected chi connectivity index (χ2v) is 6.03. The highest BCUT2D eigenvalue weighted by atomic mass is 15.2. The fraction of sp³-hybridized carbons (Fsp3) is 0.471. The van der Waals surface area contributed by atoms with Crippen molar-refractivity contribution in [1.82, 2.24) is 19.5 Å². The summed E-state index contributed by atoms with van der Waals surface area (Å²) in [5.41, 5.74) is 2.38. The lowest BCUT2D eigenvalue weighted by Gasteiger charge is -2.31. The van der Waals surface area contributed by atoms with E-state index in [-0.39, 0.29) is 5.54 Å². The summed E-state index contributed by atoms with van der Waals surface area (Å²) in [6, 6.07) is 0.340. The molecule has 2 atom stereocenters. The van der Waals surface area contributed by atoms with Crippen LogP contribution in [0.1, 0.15) is 46.6 Å². The first-order valence-electron chi connectivity index (χ1n) is 7.65. The molecule has 0 radical (unpaired) electrons. The number of anilines is 1. The van der Waals surface area contributed by atoms with E-state index in [9.17, 15) is 0 Å². The van der Waals surface area contributed by atoms with Crippen molar-refractivity contribution in [2.75, 3.05) is 5.32 Å². The minimum absolute atomic E-state index is 0.298. The molecule has 2 aromatic heterocycles. The molecule has 5 heteroatoms. The number of hydrogen-bond acceptors (Lipinski definition) is 4. The van der Waals surface area contributed by atoms with Gasteiger partial charge in [-0.25, -0.2) is 15.0 Å². The first-order chi connectivity index (χ1) is 10.4. The van der Waals surface area contributed by atoms with Gasteiger partial charge in [0.2, 0.25) is 0 Å². The molecular formula is C17H25N5. The Labute approximate surface area is 132 Å². The molecule has 0 saturated heterocycles. The summed E-state index contributed by atoms with van der Waals surface area (Å²) < 4.78 is 2.13. The number of rotatable bonds is 7. The summed E-state index contributed by atoms with van der Waals surface area (Å²) in [7, 11) is 0. The molecule has 0 bridgehead atoms. The largest absolute Gasteiger partial charge is 0.359 e. The quantitative estimate of drug-likeness (QED) is 0.781. The second kappa shape index (κ2) is 6.30. The summed E-state index contributed by atoms with van der Waals surface area (Å²) in [6.45, 7) is 16.4. The zero-order chi connectivity index (χ0) is 16.3. The van der Waals surface area contributed by atoms with Gasteiger partial charge in [-0.3, -0.25) is 0 Å². The topological polar surface area (TPSA) is 55.6 Å². The zero-order valence-corrected chi connectivity index (χ0v) is 13.9. The lowest BCUT2D eigenvalue weighted by molar-refractivity contribution is 0.543. The molecule has 2 unspecified atom stereocenters. The van der Waals surface area contributed by atoms with E-state index in [0.717, 1.165) is 29.7 Å². The van der Waals surface area contributed by atoms with Gasteiger partial charge in [0.15, 0.2) is 11.5 Å². The Morgan fingerprint density at radius 3 is 2.77 bits per heavy atom. The highest BCUT2D eigenvalue weighted by Gasteiger charge is 2.26. The Bertz CT molecular complexity index is 687. The molecule has 0 aliphatic rings. The van der Waals surface area contributed by atoms with Gasteiger partial charge in [0.05, 0.1) is 11.9 Å². The maximum Gasteiger partial charge on any atom is 0.182 e. The van der Waals surface area contributed by atoms with Gasteiger partial charge in [-0.05, 0) is 33.6 Å². The smallest absolute Gasteiger partial charge is 0.182 e. The molecule has 0 fully saturated rings. The van der Waals surface area contributed by atoms with Crippen molar-refractivity contribution in [3.8, 4) is 0 Å². The summed E-state index contributed by atoms with van der Waals surface area (Å²) in [5.74, 6) is 0.787. The van der Waals surface area contributed by atoms with Crippen molar-refractivity contribution >= 4 is 17.0 Å². The van der Waals surface area contributed by atoms with Crippen LogP contribution >= 0.6 is 0 Å². The molecule has 2 aromatic rings. The van der Waals surface area contributed by atoms with E-state index in [1.807, 2.05) is 19.3 Å². The molecule has 22 heavy (non-hydrogen) atoms. The normalized spacial score (nSPS) is 15.3. The van der Waals surface area contributed by atoms with Gasteiger partial charge in [0, 0.05) is 6.04 Å². The van der Waals surface area contributed by atoms with E-state index < -0.39 is 0 Å². The first-order valence-corrected chi connectivity index (χ1v) is 7.65. The van der Waals surface area contributed by atoms with Gasteiger partial charge in [0.1, 0.15) is 11.8 Å². The number of aromatic nitrogens is 4. The van der Waals surface area contributed by atoms with Crippen LogP contribution < -0.4 is 5.32 Å². The molecule has 0 spiro atoms. The zero-order valence-electron chi connectivity index (χ0n) is 13.9. The highest BCUT2D eigenvalue weighted by Crippen LogP contribution is 2.29. The first kappa shape index (κ1) is 16.2. The maximum absolute atomic E-state index is 4.45. The van der Waals surface area contributed by atoms with Gasteiger partial charge >= 0.3 is 0 Å². The van der Waals surface area contributed by atoms with E-state index in [2.05, 4.69) is 58.8 Å². The molecule has 118 valence electrons. The average Bonchev–Trinajstić information content (AvgIpc) is 2.91. The van der Waals surface area contributed by atoms with Crippen LogP contribution in [0.3, 0.4) is 0 Å². The molecule has 0 saturated carbocycles. The minimum atomic E-state index is -0.298. The molecule has 5 nitrogen and oxygen atoms in total. The fourth-order valence-electron chi connectivity index (χ4n) is 2.38. The minimum Gasteiger partial charge on any atom is -0.359 e. The van der Waals surface area contributed by atoms with Crippen LogP contribution in [0.5, 0.6) is 0 Å². The van der Waals surface area contributed by atoms with Gasteiger partial charge in [-0.15, -0.1) is 6.58 Å². The molecule has 0 aliphatic carbocycles. The maximum atomic E-state index is 4.45. The average molecular weight is 299 g/mol. The second-order valence-electron chi connectivity index (χ2n) is 6.03. The van der Waals surface area contributed by atoms with E-state index in [1.54, 1.807) is 6.33 Å². The Morgan fingerprint density at radius 2 is 2.18 bits per heavy atom. The number of fused-ring (bicyclic) bond motifs is 1. The van der Waals surface area contributed by atoms with E-state index in [1.165, 1.54) is 0 Å². The number of imidazole rings is 1. The summed E-state index contributed by atoms with van der Waals surface area (Å²) >= 11 is 0. The van der Waals surface area contributed by atoms with E-state index in [4.69, 9.17) is 0 Å². The van der Waals surface area contributed by atoms with E-state index >= 15 is 0 Å². The standard InChI is InChI=1S/C17H25N5/c1-7-9-17(6,12(3)4)21-16-14-15(18-10-19-16)20-11-22(14)13(5)8-2/h7,10-11,13H,1,3,8-9H2,2,4-6H3,(H,18,19,21). The van der Waals surface area contributed by atoms with Crippen LogP contribution in [0.4, 0.5) is 5.82 Å². The molecule has 1 N–H and O–H groups in total. The van der Waals surface area contributed by atoms with Gasteiger partial charge < -0.3 is 9.88 Å². The number of nitrogens with one attached hydrogen (secondary N) is 1. The summed E-state index contributed by atoms with van der Waals surface area (Å²) in [6.07, 6.45) is 7.07. The van der Waals surface area contributed by atoms with Crippen LogP contribution in [0.2, 0.25) is 0 Å². The van der Waals surface area contributed by atoms with Crippen molar-refractivity contribution in [2.24, 2.45) is 0 Å². The third kappa shape index (κ3) is 2.89. The molecule has 0 aromatic carbocycles. The number of nitrogens with zero attached hydrogens (tertiary/aromatic N) is 4. The van der Waals surface area contributed by atoms with Crippen molar-refractivity contribution in [2.45, 2.75) is 52.1 Å². The van der Waals surface area contributed by atoms with E-state index in [0.29, 0.717) is 11.7 Å². The van der Waals surface area contributed by atoms with Gasteiger partial charge in [0.25, 0.3) is 0 Å². The Balaban J connectivity index is 2.53. The fourth-order valence-corrected chi connectivity index (χ4v) is 2.38. The van der Waals surface area contributed by atoms with Crippen LogP contribution in [-0.2, 0) is 0 Å². The SMILES string of the molecule is C=CCC(C)(Nc1ncnc2ncn(C(C)CC)c12)C(=C)C. The predicted molar refractivity (Wildman–Crippen MR) is 92.0 cm³/mol. The predicted octanol–water partition coefficient (Wildman–Crippen LogP) is 4.12. The Kier molecular flexibility index (Phi) is 4.64. The Morgan fingerprint density at radius 1 is 1.45 bits per heavy atom. The molecular weight excluding hydrogens is 274 g/mol. The van der Waals surface area contributed by atoms with Gasteiger partial charge in [-0.2, -0.15) is 0 Å². The van der Waals surface area contributed by atoms with Crippen LogP contribution in [-0.4, -0.2) is 25.1 Å². The van der Waals surface area contributed by atoms with Crippen molar-refractivity contribution in [3.05, 3.63) is 37.5 Å². The van der Waals surface area contributed by atoms with Crippen LogP contribution in [0.25, 0.3) is 11.2 Å². The van der Waals surface area contributed by atoms with Gasteiger partial charge in [-0.1, -0.05) is 25.2 Å². The molecule has 0 aliphatic heterocycles.